The van der Waals surface area contributed by atoms with Gasteiger partial charge < -0.3 is 9.40 Å². The van der Waals surface area contributed by atoms with Crippen molar-refractivity contribution >= 4 is 15.9 Å². The van der Waals surface area contributed by atoms with Crippen LogP contribution in [0.25, 0.3) is 11.6 Å². The fraction of sp³-hybridized carbons (Fsp3) is 0.333. The molecule has 0 aromatic carbocycles. The van der Waals surface area contributed by atoms with E-state index in [0.29, 0.717) is 16.1 Å². The van der Waals surface area contributed by atoms with Crippen molar-refractivity contribution in [2.24, 2.45) is 0 Å². The minimum Gasteiger partial charge on any atom is -0.461 e. The summed E-state index contributed by atoms with van der Waals surface area (Å²) in [5.41, 5.74) is 1.50. The topological polar surface area (TPSA) is 58.9 Å². The lowest BCUT2D eigenvalue weighted by Crippen LogP contribution is -2.14. The predicted octanol–water partition coefficient (Wildman–Crippen LogP) is 3.22. The Morgan fingerprint density at radius 3 is 2.71 bits per heavy atom. The average molecular weight is 297 g/mol. The van der Waals surface area contributed by atoms with Gasteiger partial charge in [0.2, 0.25) is 0 Å². The standard InChI is InChI=1S/C12H13BrN2O2/c1-6(2)9-8(13)12(16)15-11(14-9)10-7(3)4-5-17-10/h4-6H,1-3H3,(H,14,15,16). The molecule has 0 aliphatic rings. The molecule has 0 unspecified atom stereocenters. The van der Waals surface area contributed by atoms with Crippen LogP contribution >= 0.6 is 15.9 Å². The van der Waals surface area contributed by atoms with Crippen LogP contribution in [0.5, 0.6) is 0 Å². The van der Waals surface area contributed by atoms with Gasteiger partial charge in [-0.3, -0.25) is 4.79 Å². The van der Waals surface area contributed by atoms with E-state index in [2.05, 4.69) is 25.9 Å². The molecule has 1 N–H and O–H groups in total. The van der Waals surface area contributed by atoms with Crippen LogP contribution in [0.1, 0.15) is 31.0 Å². The average Bonchev–Trinajstić information content (AvgIpc) is 2.68. The fourth-order valence-electron chi connectivity index (χ4n) is 1.58. The lowest BCUT2D eigenvalue weighted by atomic mass is 10.1. The summed E-state index contributed by atoms with van der Waals surface area (Å²) in [4.78, 5) is 18.9. The molecule has 5 heteroatoms. The van der Waals surface area contributed by atoms with Gasteiger partial charge >= 0.3 is 0 Å². The first kappa shape index (κ1) is 12.1. The van der Waals surface area contributed by atoms with Crippen LogP contribution in [0.2, 0.25) is 0 Å². The Morgan fingerprint density at radius 2 is 2.18 bits per heavy atom. The fourth-order valence-corrected chi connectivity index (χ4v) is 2.23. The molecule has 0 radical (unpaired) electrons. The van der Waals surface area contributed by atoms with Gasteiger partial charge in [-0.05, 0) is 40.4 Å². The van der Waals surface area contributed by atoms with Gasteiger partial charge in [-0.25, -0.2) is 4.98 Å². The molecule has 2 rings (SSSR count). The van der Waals surface area contributed by atoms with Gasteiger partial charge in [-0.2, -0.15) is 0 Å². The normalized spacial score (nSPS) is 11.1. The van der Waals surface area contributed by atoms with Crippen molar-refractivity contribution < 1.29 is 4.42 Å². The van der Waals surface area contributed by atoms with Crippen molar-refractivity contribution in [3.8, 4) is 11.6 Å². The molecule has 2 aromatic heterocycles. The number of nitrogens with zero attached hydrogens (tertiary/aromatic N) is 1. The molecule has 0 bridgehead atoms. The first-order valence-corrected chi connectivity index (χ1v) is 6.14. The van der Waals surface area contributed by atoms with Crippen molar-refractivity contribution in [1.82, 2.24) is 9.97 Å². The number of rotatable bonds is 2. The number of furan rings is 1. The summed E-state index contributed by atoms with van der Waals surface area (Å²) in [6, 6.07) is 1.84. The number of nitrogens with one attached hydrogen (secondary N) is 1. The predicted molar refractivity (Wildman–Crippen MR) is 69.1 cm³/mol. The van der Waals surface area contributed by atoms with Crippen LogP contribution in [0.15, 0.2) is 26.0 Å². The second-order valence-corrected chi connectivity index (χ2v) is 4.99. The van der Waals surface area contributed by atoms with Gasteiger partial charge in [0.1, 0.15) is 4.47 Å². The highest BCUT2D eigenvalue weighted by Crippen LogP contribution is 2.24. The summed E-state index contributed by atoms with van der Waals surface area (Å²) in [6.07, 6.45) is 1.59. The van der Waals surface area contributed by atoms with Gasteiger partial charge in [-0.1, -0.05) is 13.8 Å². The Hall–Kier alpha value is -1.36. The summed E-state index contributed by atoms with van der Waals surface area (Å²) in [7, 11) is 0. The van der Waals surface area contributed by atoms with Crippen molar-refractivity contribution in [3.63, 3.8) is 0 Å². The van der Waals surface area contributed by atoms with Gasteiger partial charge in [0.05, 0.1) is 12.0 Å². The Morgan fingerprint density at radius 1 is 1.47 bits per heavy atom. The molecule has 2 heterocycles. The molecular formula is C12H13BrN2O2. The molecule has 17 heavy (non-hydrogen) atoms. The smallest absolute Gasteiger partial charge is 0.265 e. The number of aryl methyl sites for hydroxylation is 1. The highest BCUT2D eigenvalue weighted by Gasteiger charge is 2.15. The van der Waals surface area contributed by atoms with Crippen molar-refractivity contribution in [2.45, 2.75) is 26.7 Å². The van der Waals surface area contributed by atoms with Crippen LogP contribution < -0.4 is 5.56 Å². The van der Waals surface area contributed by atoms with Gasteiger partial charge in [0, 0.05) is 0 Å². The zero-order chi connectivity index (χ0) is 12.6. The summed E-state index contributed by atoms with van der Waals surface area (Å²) < 4.78 is 5.82. The molecule has 0 saturated carbocycles. The van der Waals surface area contributed by atoms with Gasteiger partial charge in [0.15, 0.2) is 11.6 Å². The quantitative estimate of drug-likeness (QED) is 0.925. The largest absolute Gasteiger partial charge is 0.461 e. The molecule has 90 valence electrons. The number of hydrogen-bond acceptors (Lipinski definition) is 3. The van der Waals surface area contributed by atoms with Gasteiger partial charge in [-0.15, -0.1) is 0 Å². The molecule has 2 aromatic rings. The zero-order valence-electron chi connectivity index (χ0n) is 9.87. The minimum atomic E-state index is -0.186. The zero-order valence-corrected chi connectivity index (χ0v) is 11.5. The number of aromatic amines is 1. The molecular weight excluding hydrogens is 284 g/mol. The molecule has 4 nitrogen and oxygen atoms in total. The van der Waals surface area contributed by atoms with E-state index in [4.69, 9.17) is 4.42 Å². The molecule has 0 fully saturated rings. The van der Waals surface area contributed by atoms with Crippen molar-refractivity contribution in [1.29, 1.82) is 0 Å². The second kappa shape index (κ2) is 4.49. The maximum absolute atomic E-state index is 11.8. The minimum absolute atomic E-state index is 0.167. The second-order valence-electron chi connectivity index (χ2n) is 4.20. The number of aromatic nitrogens is 2. The molecule has 0 spiro atoms. The number of halogens is 1. The third-order valence-corrected chi connectivity index (χ3v) is 3.28. The first-order valence-electron chi connectivity index (χ1n) is 5.35. The summed E-state index contributed by atoms with van der Waals surface area (Å²) in [5.74, 6) is 1.25. The summed E-state index contributed by atoms with van der Waals surface area (Å²) in [6.45, 7) is 5.90. The van der Waals surface area contributed by atoms with E-state index in [1.165, 1.54) is 0 Å². The first-order chi connectivity index (χ1) is 8.00. The molecule has 0 aliphatic carbocycles. The maximum Gasteiger partial charge on any atom is 0.265 e. The lowest BCUT2D eigenvalue weighted by Gasteiger charge is -2.08. The van der Waals surface area contributed by atoms with E-state index in [0.717, 1.165) is 11.3 Å². The Bertz CT molecular complexity index is 599. The number of H-pyrrole nitrogens is 1. The monoisotopic (exact) mass is 296 g/mol. The maximum atomic E-state index is 11.8. The highest BCUT2D eigenvalue weighted by molar-refractivity contribution is 9.10. The molecule has 0 saturated heterocycles. The number of hydrogen-bond donors (Lipinski definition) is 1. The van der Waals surface area contributed by atoms with Crippen LogP contribution in [0.3, 0.4) is 0 Å². The third-order valence-electron chi connectivity index (χ3n) is 2.51. The van der Waals surface area contributed by atoms with E-state index >= 15 is 0 Å². The van der Waals surface area contributed by atoms with Gasteiger partial charge in [0.25, 0.3) is 5.56 Å². The highest BCUT2D eigenvalue weighted by atomic mass is 79.9. The van der Waals surface area contributed by atoms with Crippen molar-refractivity contribution in [2.75, 3.05) is 0 Å². The SMILES string of the molecule is Cc1ccoc1-c1nc(C(C)C)c(Br)c(=O)[nH]1. The van der Waals surface area contributed by atoms with E-state index in [9.17, 15) is 4.79 Å². The van der Waals surface area contributed by atoms with E-state index < -0.39 is 0 Å². The molecule has 0 amide bonds. The Labute approximate surface area is 107 Å². The van der Waals surface area contributed by atoms with Crippen LogP contribution in [0, 0.1) is 6.92 Å². The third kappa shape index (κ3) is 2.20. The van der Waals surface area contributed by atoms with Crippen LogP contribution in [0.4, 0.5) is 0 Å². The molecule has 0 aliphatic heterocycles. The van der Waals surface area contributed by atoms with E-state index in [1.54, 1.807) is 6.26 Å². The van der Waals surface area contributed by atoms with E-state index in [1.807, 2.05) is 26.8 Å². The Balaban J connectivity index is 2.66. The summed E-state index contributed by atoms with van der Waals surface area (Å²) >= 11 is 3.26. The van der Waals surface area contributed by atoms with Crippen LogP contribution in [-0.4, -0.2) is 9.97 Å². The Kier molecular flexibility index (Phi) is 3.19. The van der Waals surface area contributed by atoms with Crippen molar-refractivity contribution in [3.05, 3.63) is 38.4 Å². The van der Waals surface area contributed by atoms with E-state index in [-0.39, 0.29) is 11.5 Å². The van der Waals surface area contributed by atoms with Crippen LogP contribution in [-0.2, 0) is 0 Å². The molecule has 0 atom stereocenters. The lowest BCUT2D eigenvalue weighted by molar-refractivity contribution is 0.574. The summed E-state index contributed by atoms with van der Waals surface area (Å²) in [5, 5.41) is 0.